The van der Waals surface area contributed by atoms with E-state index in [9.17, 15) is 0 Å². The van der Waals surface area contributed by atoms with E-state index >= 15 is 0 Å². The summed E-state index contributed by atoms with van der Waals surface area (Å²) in [6, 6.07) is 14.2. The van der Waals surface area contributed by atoms with E-state index in [1.165, 1.54) is 5.56 Å². The van der Waals surface area contributed by atoms with Crippen LogP contribution >= 0.6 is 0 Å². The van der Waals surface area contributed by atoms with Crippen LogP contribution in [0.25, 0.3) is 22.4 Å². The van der Waals surface area contributed by atoms with Crippen molar-refractivity contribution in [3.05, 3.63) is 72.2 Å². The van der Waals surface area contributed by atoms with Crippen molar-refractivity contribution in [3.8, 4) is 22.4 Å². The molecule has 1 aliphatic rings. The molecule has 1 aromatic carbocycles. The van der Waals surface area contributed by atoms with Crippen molar-refractivity contribution in [2.24, 2.45) is 5.16 Å². The van der Waals surface area contributed by atoms with Gasteiger partial charge < -0.3 is 5.21 Å². The zero-order valence-electron chi connectivity index (χ0n) is 12.5. The van der Waals surface area contributed by atoms with Crippen molar-refractivity contribution in [1.82, 2.24) is 9.97 Å². The fraction of sp³-hybridized carbons (Fsp3) is 0.105. The second-order valence-electron chi connectivity index (χ2n) is 5.55. The first kappa shape index (κ1) is 13.6. The van der Waals surface area contributed by atoms with E-state index in [2.05, 4.69) is 27.3 Å². The van der Waals surface area contributed by atoms with Crippen LogP contribution in [0.3, 0.4) is 0 Å². The van der Waals surface area contributed by atoms with Gasteiger partial charge in [0.05, 0.1) is 11.4 Å². The molecule has 0 unspecified atom stereocenters. The van der Waals surface area contributed by atoms with Crippen molar-refractivity contribution >= 4 is 5.71 Å². The first-order valence-corrected chi connectivity index (χ1v) is 7.57. The number of benzene rings is 1. The number of hydrogen-bond acceptors (Lipinski definition) is 4. The zero-order valence-corrected chi connectivity index (χ0v) is 12.5. The standard InChI is InChI=1S/C19H15N3O/c23-22-18-6-4-14-12-15(3-5-16(14)18)19-17(2-1-9-21-19)13-7-10-20-11-8-13/h1-3,5,7-12,23H,4,6H2. The molecule has 4 heteroatoms. The van der Waals surface area contributed by atoms with Gasteiger partial charge in [0, 0.05) is 35.3 Å². The lowest BCUT2D eigenvalue weighted by Crippen LogP contribution is -1.95. The summed E-state index contributed by atoms with van der Waals surface area (Å²) in [7, 11) is 0. The van der Waals surface area contributed by atoms with Gasteiger partial charge in [-0.2, -0.15) is 0 Å². The van der Waals surface area contributed by atoms with E-state index in [1.807, 2.05) is 36.5 Å². The molecule has 2 heterocycles. The Morgan fingerprint density at radius 1 is 0.870 bits per heavy atom. The van der Waals surface area contributed by atoms with Gasteiger partial charge >= 0.3 is 0 Å². The van der Waals surface area contributed by atoms with Crippen molar-refractivity contribution in [3.63, 3.8) is 0 Å². The highest BCUT2D eigenvalue weighted by Crippen LogP contribution is 2.33. The minimum atomic E-state index is 0.766. The van der Waals surface area contributed by atoms with Gasteiger partial charge in [0.2, 0.25) is 0 Å². The van der Waals surface area contributed by atoms with Gasteiger partial charge in [0.15, 0.2) is 0 Å². The largest absolute Gasteiger partial charge is 0.411 e. The first-order chi connectivity index (χ1) is 11.4. The Balaban J connectivity index is 1.84. The second kappa shape index (κ2) is 5.65. The number of oxime groups is 1. The molecule has 0 atom stereocenters. The number of aromatic nitrogens is 2. The lowest BCUT2D eigenvalue weighted by Gasteiger charge is -2.10. The molecule has 1 aliphatic carbocycles. The zero-order chi connectivity index (χ0) is 15.6. The lowest BCUT2D eigenvalue weighted by molar-refractivity contribution is 0.318. The molecule has 0 amide bonds. The summed E-state index contributed by atoms with van der Waals surface area (Å²) in [4.78, 5) is 8.67. The Bertz CT molecular complexity index is 888. The van der Waals surface area contributed by atoms with E-state index in [4.69, 9.17) is 5.21 Å². The third kappa shape index (κ3) is 2.38. The highest BCUT2D eigenvalue weighted by molar-refractivity contribution is 6.04. The van der Waals surface area contributed by atoms with Crippen molar-refractivity contribution in [2.45, 2.75) is 12.8 Å². The predicted molar refractivity (Wildman–Crippen MR) is 89.5 cm³/mol. The quantitative estimate of drug-likeness (QED) is 0.576. The van der Waals surface area contributed by atoms with Gasteiger partial charge in [-0.15, -0.1) is 0 Å². The third-order valence-electron chi connectivity index (χ3n) is 4.24. The summed E-state index contributed by atoms with van der Waals surface area (Å²) in [6.45, 7) is 0. The molecular formula is C19H15N3O. The topological polar surface area (TPSA) is 58.4 Å². The Kier molecular flexibility index (Phi) is 3.35. The van der Waals surface area contributed by atoms with E-state index in [0.717, 1.165) is 46.5 Å². The molecule has 2 aromatic heterocycles. The van der Waals surface area contributed by atoms with Gasteiger partial charge in [-0.25, -0.2) is 0 Å². The molecule has 23 heavy (non-hydrogen) atoms. The Labute approximate surface area is 134 Å². The monoisotopic (exact) mass is 301 g/mol. The summed E-state index contributed by atoms with van der Waals surface area (Å²) in [5.74, 6) is 0. The molecule has 3 aromatic rings. The Morgan fingerprint density at radius 3 is 2.57 bits per heavy atom. The molecule has 4 nitrogen and oxygen atoms in total. The first-order valence-electron chi connectivity index (χ1n) is 7.57. The predicted octanol–water partition coefficient (Wildman–Crippen LogP) is 3.94. The summed E-state index contributed by atoms with van der Waals surface area (Å²) >= 11 is 0. The maximum absolute atomic E-state index is 9.06. The van der Waals surface area contributed by atoms with Crippen LogP contribution in [0.5, 0.6) is 0 Å². The Hall–Kier alpha value is -3.01. The molecular weight excluding hydrogens is 286 g/mol. The summed E-state index contributed by atoms with van der Waals surface area (Å²) in [5.41, 5.74) is 7.23. The van der Waals surface area contributed by atoms with Crippen LogP contribution in [-0.4, -0.2) is 20.9 Å². The average Bonchev–Trinajstić information content (AvgIpc) is 3.05. The number of nitrogens with zero attached hydrogens (tertiary/aromatic N) is 3. The molecule has 1 N–H and O–H groups in total. The number of hydrogen-bond donors (Lipinski definition) is 1. The van der Waals surface area contributed by atoms with Crippen molar-refractivity contribution in [1.29, 1.82) is 0 Å². The highest BCUT2D eigenvalue weighted by atomic mass is 16.4. The molecule has 0 saturated carbocycles. The fourth-order valence-electron chi connectivity index (χ4n) is 3.12. The van der Waals surface area contributed by atoms with Crippen LogP contribution in [0.1, 0.15) is 17.5 Å². The van der Waals surface area contributed by atoms with Gasteiger partial charge in [-0.3, -0.25) is 9.97 Å². The van der Waals surface area contributed by atoms with E-state index < -0.39 is 0 Å². The molecule has 0 fully saturated rings. The van der Waals surface area contributed by atoms with Crippen LogP contribution in [0.4, 0.5) is 0 Å². The number of aryl methyl sites for hydroxylation is 1. The summed E-state index contributed by atoms with van der Waals surface area (Å²) in [6.07, 6.45) is 7.08. The molecule has 0 spiro atoms. The average molecular weight is 301 g/mol. The van der Waals surface area contributed by atoms with E-state index in [1.54, 1.807) is 12.4 Å². The third-order valence-corrected chi connectivity index (χ3v) is 4.24. The van der Waals surface area contributed by atoms with Crippen molar-refractivity contribution in [2.75, 3.05) is 0 Å². The van der Waals surface area contributed by atoms with Crippen LogP contribution < -0.4 is 0 Å². The minimum absolute atomic E-state index is 0.766. The van der Waals surface area contributed by atoms with Crippen LogP contribution in [0, 0.1) is 0 Å². The molecule has 0 bridgehead atoms. The highest BCUT2D eigenvalue weighted by Gasteiger charge is 2.19. The van der Waals surface area contributed by atoms with Gasteiger partial charge in [-0.1, -0.05) is 23.4 Å². The van der Waals surface area contributed by atoms with Crippen LogP contribution in [0.15, 0.2) is 66.2 Å². The van der Waals surface area contributed by atoms with Gasteiger partial charge in [-0.05, 0) is 48.2 Å². The van der Waals surface area contributed by atoms with Gasteiger partial charge in [0.25, 0.3) is 0 Å². The van der Waals surface area contributed by atoms with Crippen molar-refractivity contribution < 1.29 is 5.21 Å². The lowest BCUT2D eigenvalue weighted by atomic mass is 9.97. The number of pyridine rings is 2. The van der Waals surface area contributed by atoms with Gasteiger partial charge in [0.1, 0.15) is 0 Å². The molecule has 0 saturated heterocycles. The smallest absolute Gasteiger partial charge is 0.0873 e. The minimum Gasteiger partial charge on any atom is -0.411 e. The summed E-state index contributed by atoms with van der Waals surface area (Å²) in [5, 5.41) is 12.5. The summed E-state index contributed by atoms with van der Waals surface area (Å²) < 4.78 is 0. The number of rotatable bonds is 2. The number of fused-ring (bicyclic) bond motifs is 1. The molecule has 112 valence electrons. The SMILES string of the molecule is ON=C1CCc2cc(-c3ncccc3-c3ccncc3)ccc21. The molecule has 0 aliphatic heterocycles. The normalized spacial score (nSPS) is 14.9. The fourth-order valence-corrected chi connectivity index (χ4v) is 3.12. The molecule has 4 rings (SSSR count). The maximum Gasteiger partial charge on any atom is 0.0873 e. The molecule has 0 radical (unpaired) electrons. The van der Waals surface area contributed by atoms with E-state index in [0.29, 0.717) is 0 Å². The van der Waals surface area contributed by atoms with E-state index in [-0.39, 0.29) is 0 Å². The Morgan fingerprint density at radius 2 is 1.74 bits per heavy atom. The second-order valence-corrected chi connectivity index (χ2v) is 5.55. The maximum atomic E-state index is 9.06. The van der Waals surface area contributed by atoms with Crippen LogP contribution in [-0.2, 0) is 6.42 Å². The van der Waals surface area contributed by atoms with Crippen LogP contribution in [0.2, 0.25) is 0 Å².